The lowest BCUT2D eigenvalue weighted by molar-refractivity contribution is 0.0952. The largest absolute Gasteiger partial charge is 0.352 e. The normalized spacial score (nSPS) is 12.0. The molecule has 0 unspecified atom stereocenters. The molecule has 21 nitrogen and oxygen atoms in total. The molecule has 6 N–H and O–H groups in total. The van der Waals surface area contributed by atoms with Crippen LogP contribution in [0.4, 0.5) is 46.3 Å². The number of amides is 3. The molecular formula is C75H80N17O4P. The highest BCUT2D eigenvalue weighted by molar-refractivity contribution is 7.61. The average Bonchev–Trinajstić information content (AvgIpc) is 0.916. The van der Waals surface area contributed by atoms with Gasteiger partial charge in [-0.05, 0) is 192 Å². The molecule has 1 saturated heterocycles. The van der Waals surface area contributed by atoms with Gasteiger partial charge in [0.25, 0.3) is 17.7 Å². The van der Waals surface area contributed by atoms with Gasteiger partial charge >= 0.3 is 0 Å². The van der Waals surface area contributed by atoms with Crippen LogP contribution in [0.3, 0.4) is 0 Å². The zero-order valence-corrected chi connectivity index (χ0v) is 56.6. The number of benzene rings is 5. The van der Waals surface area contributed by atoms with Crippen LogP contribution in [0.2, 0.25) is 0 Å². The summed E-state index contributed by atoms with van der Waals surface area (Å²) in [6.07, 6.45) is 16.4. The molecule has 0 spiro atoms. The third-order valence-corrected chi connectivity index (χ3v) is 14.8. The standard InChI is InChI=1S/C29H31N7O.C24H21N5O.C19H19N5O.C3H9OP/c1-21-5-8-23(18-27(21)34-29-31-13-11-26(33-29)24-4-3-12-30-19-24)28(37)32-25-9-6-22(7-10-25)20-36-16-14-35(2)15-17-36;1-16-3-7-20(8-4-16)27-23(30)19-6-5-17(2)22(15-19)29-24-26-14-11-21(28-24)18-9-12-25-13-10-18;1-2-9-21-18(25)15-4-3-5-16(13-15)23-19-22-12-8-17(24-19)14-6-10-20-11-7-14;1-5(2,3)4/h3-13,18-19H,14-17,20H2,1-2H3,(H,32,37)(H,31,33,34);3-15H,1-2H3,(H,27,30)(H,26,28,29);3-8,10-13H,2,9H2,1H3,(H,21,25)(H,22,23,24);1-3H3. The predicted molar refractivity (Wildman–Crippen MR) is 389 cm³/mol. The fourth-order valence-electron chi connectivity index (χ4n) is 9.54. The summed E-state index contributed by atoms with van der Waals surface area (Å²) < 4.78 is 10.2. The lowest BCUT2D eigenvalue weighted by Crippen LogP contribution is -2.43. The van der Waals surface area contributed by atoms with Crippen molar-refractivity contribution < 1.29 is 18.9 Å². The van der Waals surface area contributed by atoms with Crippen molar-refractivity contribution in [1.29, 1.82) is 0 Å². The molecule has 0 radical (unpaired) electrons. The number of carbonyl (C=O) groups is 3. The van der Waals surface area contributed by atoms with Gasteiger partial charge in [-0.2, -0.15) is 0 Å². The minimum absolute atomic E-state index is 0.0862. The SMILES string of the molecule is CCCNC(=O)c1cccc(Nc2nccc(-c3ccncc3)n2)c1.CP(C)(C)=O.Cc1ccc(C(=O)Nc2ccc(CN3CCN(C)CC3)cc2)cc1Nc1nccc(-c2cccnc2)n1.Cc1ccc(NC(=O)c2ccc(C)c(Nc3nccc(-c4ccncc4)n3)c2)cc1. The Morgan fingerprint density at radius 3 is 1.42 bits per heavy atom. The van der Waals surface area contributed by atoms with Crippen LogP contribution < -0.4 is 31.9 Å². The third-order valence-electron chi connectivity index (χ3n) is 14.8. The quantitative estimate of drug-likeness (QED) is 0.0436. The zero-order valence-electron chi connectivity index (χ0n) is 55.7. The Bertz CT molecular complexity index is 4420. The van der Waals surface area contributed by atoms with Crippen molar-refractivity contribution in [3.05, 3.63) is 259 Å². The molecular weight excluding hydrogens is 1230 g/mol. The van der Waals surface area contributed by atoms with Gasteiger partial charge in [0.15, 0.2) is 0 Å². The molecule has 0 aliphatic carbocycles. The number of aryl methyl sites for hydroxylation is 3. The number of anilines is 8. The number of piperazine rings is 1. The Morgan fingerprint density at radius 1 is 0.464 bits per heavy atom. The number of aromatic nitrogens is 9. The van der Waals surface area contributed by atoms with Crippen molar-refractivity contribution >= 4 is 71.1 Å². The molecule has 0 saturated carbocycles. The second-order valence-electron chi connectivity index (χ2n) is 23.7. The summed E-state index contributed by atoms with van der Waals surface area (Å²) in [5.74, 6) is 0.965. The summed E-state index contributed by atoms with van der Waals surface area (Å²) in [4.78, 5) is 81.4. The Hall–Kier alpha value is -11.3. The van der Waals surface area contributed by atoms with E-state index < -0.39 is 7.14 Å². The second kappa shape index (κ2) is 34.8. The highest BCUT2D eigenvalue weighted by atomic mass is 31.2. The molecule has 12 rings (SSSR count). The summed E-state index contributed by atoms with van der Waals surface area (Å²) in [5.41, 5.74) is 15.1. The van der Waals surface area contributed by atoms with Gasteiger partial charge in [0.05, 0.1) is 24.2 Å². The summed E-state index contributed by atoms with van der Waals surface area (Å²) in [6, 6.07) is 51.1. The summed E-state index contributed by atoms with van der Waals surface area (Å²) in [7, 11) is 0.525. The van der Waals surface area contributed by atoms with E-state index in [4.69, 9.17) is 0 Å². The lowest BCUT2D eigenvalue weighted by atomic mass is 10.1. The topological polar surface area (TPSA) is 263 Å². The van der Waals surface area contributed by atoms with Crippen molar-refractivity contribution in [2.75, 3.05) is 86.3 Å². The number of likely N-dealkylation sites (N-methyl/N-ethyl adjacent to an activating group) is 1. The number of rotatable bonds is 18. The van der Waals surface area contributed by atoms with Crippen molar-refractivity contribution in [1.82, 2.24) is 60.0 Å². The van der Waals surface area contributed by atoms with Crippen molar-refractivity contribution in [3.63, 3.8) is 0 Å². The van der Waals surface area contributed by atoms with E-state index >= 15 is 0 Å². The van der Waals surface area contributed by atoms with E-state index in [1.165, 1.54) is 5.56 Å². The molecule has 0 atom stereocenters. The van der Waals surface area contributed by atoms with Crippen LogP contribution in [0.1, 0.15) is 66.7 Å². The number of nitrogens with one attached hydrogen (secondary N) is 6. The van der Waals surface area contributed by atoms with E-state index in [-0.39, 0.29) is 17.7 Å². The van der Waals surface area contributed by atoms with E-state index in [0.29, 0.717) is 41.1 Å². The van der Waals surface area contributed by atoms with Crippen LogP contribution in [0.15, 0.2) is 220 Å². The van der Waals surface area contributed by atoms with Gasteiger partial charge in [0, 0.05) is 157 Å². The van der Waals surface area contributed by atoms with Crippen LogP contribution in [0.5, 0.6) is 0 Å². The first kappa shape index (κ1) is 70.1. The lowest BCUT2D eigenvalue weighted by Gasteiger charge is -2.32. The molecule has 5 aromatic carbocycles. The summed E-state index contributed by atoms with van der Waals surface area (Å²) in [5, 5.41) is 18.4. The van der Waals surface area contributed by atoms with Gasteiger partial charge in [0.1, 0.15) is 0 Å². The van der Waals surface area contributed by atoms with Crippen LogP contribution >= 0.6 is 7.14 Å². The number of carbonyl (C=O) groups excluding carboxylic acids is 3. The van der Waals surface area contributed by atoms with E-state index in [1.807, 2.05) is 155 Å². The van der Waals surface area contributed by atoms with Gasteiger partial charge in [-0.25, -0.2) is 29.9 Å². The Labute approximate surface area is 566 Å². The highest BCUT2D eigenvalue weighted by Crippen LogP contribution is 2.29. The van der Waals surface area contributed by atoms with Crippen molar-refractivity contribution in [2.45, 2.75) is 40.7 Å². The third kappa shape index (κ3) is 22.5. The van der Waals surface area contributed by atoms with E-state index in [1.54, 1.807) is 100 Å². The van der Waals surface area contributed by atoms with Crippen molar-refractivity contribution in [2.24, 2.45) is 0 Å². The molecule has 0 bridgehead atoms. The van der Waals surface area contributed by atoms with Gasteiger partial charge < -0.3 is 41.4 Å². The van der Waals surface area contributed by atoms with Gasteiger partial charge in [-0.15, -0.1) is 0 Å². The molecule has 6 aromatic heterocycles. The van der Waals surface area contributed by atoms with Gasteiger partial charge in [0.2, 0.25) is 17.8 Å². The minimum Gasteiger partial charge on any atom is -0.352 e. The number of nitrogens with zero attached hydrogens (tertiary/aromatic N) is 11. The van der Waals surface area contributed by atoms with Crippen LogP contribution in [-0.4, -0.2) is 132 Å². The molecule has 3 amide bonds. The molecule has 22 heteroatoms. The van der Waals surface area contributed by atoms with Crippen LogP contribution in [0, 0.1) is 20.8 Å². The molecule has 1 fully saturated rings. The Balaban J connectivity index is 0.000000167. The Kier molecular flexibility index (Phi) is 25.1. The Morgan fingerprint density at radius 2 is 0.938 bits per heavy atom. The first-order valence-electron chi connectivity index (χ1n) is 31.7. The fourth-order valence-corrected chi connectivity index (χ4v) is 9.54. The van der Waals surface area contributed by atoms with E-state index in [0.717, 1.165) is 118 Å². The van der Waals surface area contributed by atoms with Crippen LogP contribution in [-0.2, 0) is 11.1 Å². The van der Waals surface area contributed by atoms with Gasteiger partial charge in [-0.3, -0.25) is 34.2 Å². The second-order valence-corrected chi connectivity index (χ2v) is 27.5. The first-order chi connectivity index (χ1) is 46.9. The number of pyridine rings is 3. The van der Waals surface area contributed by atoms with E-state index in [9.17, 15) is 18.9 Å². The summed E-state index contributed by atoms with van der Waals surface area (Å²) in [6.45, 7) is 19.2. The smallest absolute Gasteiger partial charge is 0.255 e. The monoisotopic (exact) mass is 1310 g/mol. The molecule has 11 aromatic rings. The summed E-state index contributed by atoms with van der Waals surface area (Å²) >= 11 is 0. The van der Waals surface area contributed by atoms with E-state index in [2.05, 4.69) is 106 Å². The highest BCUT2D eigenvalue weighted by Gasteiger charge is 2.17. The molecule has 1 aliphatic heterocycles. The maximum Gasteiger partial charge on any atom is 0.255 e. The molecule has 97 heavy (non-hydrogen) atoms. The molecule has 7 heterocycles. The predicted octanol–water partition coefficient (Wildman–Crippen LogP) is 14.4. The molecule has 494 valence electrons. The van der Waals surface area contributed by atoms with Crippen LogP contribution in [0.25, 0.3) is 33.8 Å². The average molecular weight is 1310 g/mol. The fraction of sp³-hybridized carbons (Fsp3) is 0.200. The number of hydrogen-bond acceptors (Lipinski definition) is 18. The van der Waals surface area contributed by atoms with Crippen molar-refractivity contribution in [3.8, 4) is 33.8 Å². The minimum atomic E-state index is -1.64. The maximum absolute atomic E-state index is 13.0. The molecule has 1 aliphatic rings. The zero-order chi connectivity index (χ0) is 68.5. The first-order valence-corrected chi connectivity index (χ1v) is 34.8. The number of hydrogen-bond donors (Lipinski definition) is 6. The van der Waals surface area contributed by atoms with Gasteiger partial charge in [-0.1, -0.05) is 55.0 Å². The maximum atomic E-state index is 13.0.